The Hall–Kier alpha value is -3.20. The van der Waals surface area contributed by atoms with Crippen LogP contribution in [-0.4, -0.2) is 32.6 Å². The van der Waals surface area contributed by atoms with Crippen molar-refractivity contribution in [3.05, 3.63) is 70.3 Å². The highest BCUT2D eigenvalue weighted by atomic mass is 32.2. The molecule has 2 aromatic rings. The molecular weight excluding hydrogens is 358 g/mol. The smallest absolute Gasteiger partial charge is 0.270 e. The summed E-state index contributed by atoms with van der Waals surface area (Å²) in [5, 5.41) is 13.4. The molecule has 0 fully saturated rings. The molecule has 0 spiro atoms. The molecular formula is C17H17N3O5S. The molecule has 1 amide bonds. The third-order valence-corrected chi connectivity index (χ3v) is 4.69. The maximum Gasteiger partial charge on any atom is 0.270 e. The van der Waals surface area contributed by atoms with Crippen LogP contribution in [0.2, 0.25) is 0 Å². The van der Waals surface area contributed by atoms with Gasteiger partial charge in [0.1, 0.15) is 0 Å². The average molecular weight is 375 g/mol. The third kappa shape index (κ3) is 5.15. The number of carbonyl (C=O) groups is 1. The van der Waals surface area contributed by atoms with E-state index < -0.39 is 20.9 Å². The van der Waals surface area contributed by atoms with Gasteiger partial charge in [-0.3, -0.25) is 19.2 Å². The molecule has 0 saturated carbocycles. The average Bonchev–Trinajstić information content (AvgIpc) is 2.59. The number of hydrogen-bond donors (Lipinski definition) is 1. The van der Waals surface area contributed by atoms with Crippen LogP contribution in [-0.2, 0) is 14.8 Å². The topological polar surface area (TPSA) is 110 Å². The number of nitro groups is 1. The van der Waals surface area contributed by atoms with E-state index in [0.29, 0.717) is 16.9 Å². The molecule has 0 unspecified atom stereocenters. The Bertz CT molecular complexity index is 970. The van der Waals surface area contributed by atoms with Crippen molar-refractivity contribution in [1.29, 1.82) is 0 Å². The lowest BCUT2D eigenvalue weighted by molar-refractivity contribution is -0.384. The van der Waals surface area contributed by atoms with Crippen molar-refractivity contribution in [2.45, 2.75) is 0 Å². The van der Waals surface area contributed by atoms with Crippen molar-refractivity contribution >= 4 is 39.1 Å². The Balaban J connectivity index is 2.11. The Morgan fingerprint density at radius 1 is 1.19 bits per heavy atom. The summed E-state index contributed by atoms with van der Waals surface area (Å²) >= 11 is 0. The van der Waals surface area contributed by atoms with Crippen LogP contribution < -0.4 is 9.62 Å². The zero-order valence-corrected chi connectivity index (χ0v) is 14.9. The lowest BCUT2D eigenvalue weighted by Gasteiger charge is -2.17. The van der Waals surface area contributed by atoms with Gasteiger partial charge in [0.05, 0.1) is 16.9 Å². The Morgan fingerprint density at radius 2 is 1.88 bits per heavy atom. The lowest BCUT2D eigenvalue weighted by atomic mass is 10.2. The van der Waals surface area contributed by atoms with Crippen molar-refractivity contribution in [2.75, 3.05) is 22.9 Å². The van der Waals surface area contributed by atoms with Crippen LogP contribution >= 0.6 is 0 Å². The number of nitro benzene ring substituents is 1. The summed E-state index contributed by atoms with van der Waals surface area (Å²) in [7, 11) is -1.99. The Morgan fingerprint density at radius 3 is 2.54 bits per heavy atom. The van der Waals surface area contributed by atoms with Crippen LogP contribution in [0.3, 0.4) is 0 Å². The number of nitrogens with one attached hydrogen (secondary N) is 1. The summed E-state index contributed by atoms with van der Waals surface area (Å²) in [5.41, 5.74) is 1.28. The monoisotopic (exact) mass is 375 g/mol. The van der Waals surface area contributed by atoms with Crippen LogP contribution in [0.1, 0.15) is 5.56 Å². The maximum absolute atomic E-state index is 12.0. The first-order valence-corrected chi connectivity index (χ1v) is 9.29. The molecule has 0 aliphatic rings. The zero-order valence-electron chi connectivity index (χ0n) is 14.1. The van der Waals surface area contributed by atoms with Crippen molar-refractivity contribution in [3.8, 4) is 0 Å². The van der Waals surface area contributed by atoms with Crippen LogP contribution in [0.25, 0.3) is 6.08 Å². The van der Waals surface area contributed by atoms with Gasteiger partial charge in [-0.15, -0.1) is 0 Å². The normalized spacial score (nSPS) is 11.3. The van der Waals surface area contributed by atoms with Gasteiger partial charge in [0, 0.05) is 30.9 Å². The number of amides is 1. The van der Waals surface area contributed by atoms with E-state index in [9.17, 15) is 23.3 Å². The molecule has 0 aliphatic carbocycles. The van der Waals surface area contributed by atoms with E-state index in [1.807, 2.05) is 0 Å². The van der Waals surface area contributed by atoms with Gasteiger partial charge >= 0.3 is 0 Å². The van der Waals surface area contributed by atoms with Gasteiger partial charge in [-0.05, 0) is 29.8 Å². The minimum Gasteiger partial charge on any atom is -0.322 e. The number of sulfonamides is 1. The second-order valence-corrected chi connectivity index (χ2v) is 7.47. The summed E-state index contributed by atoms with van der Waals surface area (Å²) in [5.74, 6) is -0.448. The van der Waals surface area contributed by atoms with Crippen molar-refractivity contribution in [2.24, 2.45) is 0 Å². The molecule has 0 radical (unpaired) electrons. The first-order valence-electron chi connectivity index (χ1n) is 7.44. The number of hydrogen-bond acceptors (Lipinski definition) is 5. The van der Waals surface area contributed by atoms with E-state index in [0.717, 1.165) is 10.6 Å². The minimum atomic E-state index is -3.41. The second kappa shape index (κ2) is 7.79. The van der Waals surface area contributed by atoms with Gasteiger partial charge < -0.3 is 5.32 Å². The van der Waals surface area contributed by atoms with E-state index in [-0.39, 0.29) is 5.69 Å². The van der Waals surface area contributed by atoms with Crippen LogP contribution in [0.4, 0.5) is 17.1 Å². The molecule has 1 N–H and O–H groups in total. The molecule has 0 atom stereocenters. The molecule has 9 heteroatoms. The van der Waals surface area contributed by atoms with E-state index in [1.54, 1.807) is 24.3 Å². The lowest BCUT2D eigenvalue weighted by Crippen LogP contribution is -2.24. The summed E-state index contributed by atoms with van der Waals surface area (Å²) in [6.07, 6.45) is 3.78. The van der Waals surface area contributed by atoms with Crippen molar-refractivity contribution in [1.82, 2.24) is 0 Å². The predicted molar refractivity (Wildman–Crippen MR) is 100 cm³/mol. The van der Waals surface area contributed by atoms with Crippen molar-refractivity contribution in [3.63, 3.8) is 0 Å². The number of non-ortho nitro benzene ring substituents is 1. The van der Waals surface area contributed by atoms with Crippen LogP contribution in [0.15, 0.2) is 54.6 Å². The predicted octanol–water partition coefficient (Wildman–Crippen LogP) is 2.64. The fraction of sp³-hybridized carbons (Fsp3) is 0.118. The number of carbonyl (C=O) groups excluding carboxylic acids is 1. The van der Waals surface area contributed by atoms with Gasteiger partial charge in [-0.2, -0.15) is 0 Å². The fourth-order valence-corrected chi connectivity index (χ4v) is 2.57. The number of benzene rings is 2. The zero-order chi connectivity index (χ0) is 19.3. The van der Waals surface area contributed by atoms with Crippen molar-refractivity contribution < 1.29 is 18.1 Å². The molecule has 0 saturated heterocycles. The summed E-state index contributed by atoms with van der Waals surface area (Å²) in [6, 6.07) is 12.3. The quantitative estimate of drug-likeness (QED) is 0.474. The van der Waals surface area contributed by atoms with E-state index in [2.05, 4.69) is 5.32 Å². The standard InChI is InChI=1S/C17H17N3O5S/c1-19(26(2,24)25)15-7-4-6-14(12-15)18-17(21)10-9-13-5-3-8-16(11-13)20(22)23/h3-12H,1-2H3,(H,18,21)/b10-9+. The third-order valence-electron chi connectivity index (χ3n) is 3.48. The highest BCUT2D eigenvalue weighted by molar-refractivity contribution is 7.92. The van der Waals surface area contributed by atoms with Crippen LogP contribution in [0.5, 0.6) is 0 Å². The molecule has 0 aliphatic heterocycles. The first kappa shape index (κ1) is 19.1. The SMILES string of the molecule is CN(c1cccc(NC(=O)/C=C/c2cccc([N+](=O)[O-])c2)c1)S(C)(=O)=O. The van der Waals surface area contributed by atoms with Gasteiger partial charge in [0.25, 0.3) is 5.69 Å². The molecule has 0 heterocycles. The van der Waals surface area contributed by atoms with E-state index in [1.165, 1.54) is 43.5 Å². The number of anilines is 2. The fourth-order valence-electron chi connectivity index (χ4n) is 2.07. The molecule has 26 heavy (non-hydrogen) atoms. The molecule has 2 rings (SSSR count). The second-order valence-electron chi connectivity index (χ2n) is 5.46. The Labute approximate surface area is 151 Å². The number of rotatable bonds is 6. The van der Waals surface area contributed by atoms with Crippen LogP contribution in [0, 0.1) is 10.1 Å². The maximum atomic E-state index is 12.0. The minimum absolute atomic E-state index is 0.0657. The van der Waals surface area contributed by atoms with E-state index >= 15 is 0 Å². The van der Waals surface area contributed by atoms with E-state index in [4.69, 9.17) is 0 Å². The van der Waals surface area contributed by atoms with Gasteiger partial charge in [-0.1, -0.05) is 18.2 Å². The molecule has 8 nitrogen and oxygen atoms in total. The van der Waals surface area contributed by atoms with Gasteiger partial charge in [-0.25, -0.2) is 8.42 Å². The summed E-state index contributed by atoms with van der Waals surface area (Å²) in [4.78, 5) is 22.3. The van der Waals surface area contributed by atoms with Gasteiger partial charge in [0.2, 0.25) is 15.9 Å². The summed E-state index contributed by atoms with van der Waals surface area (Å²) < 4.78 is 24.3. The highest BCUT2D eigenvalue weighted by Gasteiger charge is 2.12. The summed E-state index contributed by atoms with van der Waals surface area (Å²) in [6.45, 7) is 0. The highest BCUT2D eigenvalue weighted by Crippen LogP contribution is 2.20. The molecule has 0 bridgehead atoms. The van der Waals surface area contributed by atoms with Gasteiger partial charge in [0.15, 0.2) is 0 Å². The first-order chi connectivity index (χ1) is 12.2. The number of nitrogens with zero attached hydrogens (tertiary/aromatic N) is 2. The largest absolute Gasteiger partial charge is 0.322 e. The molecule has 2 aromatic carbocycles. The molecule has 0 aromatic heterocycles. The Kier molecular flexibility index (Phi) is 5.73. The molecule has 136 valence electrons.